The van der Waals surface area contributed by atoms with Gasteiger partial charge in [-0.2, -0.15) is 0 Å². The van der Waals surface area contributed by atoms with E-state index < -0.39 is 23.6 Å². The summed E-state index contributed by atoms with van der Waals surface area (Å²) in [6.45, 7) is 3.65. The first-order chi connectivity index (χ1) is 10.0. The normalized spacial score (nSPS) is 27.5. The molecule has 0 amide bonds. The summed E-state index contributed by atoms with van der Waals surface area (Å²) in [4.78, 5) is 36.2. The van der Waals surface area contributed by atoms with Gasteiger partial charge >= 0.3 is 11.9 Å². The van der Waals surface area contributed by atoms with Crippen LogP contribution in [0, 0.1) is 0 Å². The molecule has 0 spiro atoms. The van der Waals surface area contributed by atoms with Crippen molar-refractivity contribution in [1.29, 1.82) is 0 Å². The minimum Gasteiger partial charge on any atom is -0.466 e. The van der Waals surface area contributed by atoms with Crippen LogP contribution in [-0.2, 0) is 28.6 Å². The summed E-state index contributed by atoms with van der Waals surface area (Å²) in [6.07, 6.45) is 2.32. The van der Waals surface area contributed by atoms with Crippen LogP contribution in [0.1, 0.15) is 25.7 Å². The van der Waals surface area contributed by atoms with Crippen molar-refractivity contribution in [1.82, 2.24) is 0 Å². The summed E-state index contributed by atoms with van der Waals surface area (Å²) < 4.78 is 15.3. The topological polar surface area (TPSA) is 78.9 Å². The number of fused-ring (bicyclic) bond motifs is 2. The van der Waals surface area contributed by atoms with Gasteiger partial charge in [-0.3, -0.25) is 4.79 Å². The molecule has 1 fully saturated rings. The summed E-state index contributed by atoms with van der Waals surface area (Å²) in [5.41, 5.74) is -0.867. The number of rotatable bonds is 5. The number of ketones is 1. The molecule has 0 aromatic heterocycles. The van der Waals surface area contributed by atoms with Crippen molar-refractivity contribution in [3.63, 3.8) is 0 Å². The van der Waals surface area contributed by atoms with Crippen molar-refractivity contribution in [3.8, 4) is 0 Å². The molecule has 2 unspecified atom stereocenters. The number of carbonyl (C=O) groups excluding carboxylic acids is 3. The maximum absolute atomic E-state index is 12.2. The summed E-state index contributed by atoms with van der Waals surface area (Å²) in [7, 11) is 2.43. The van der Waals surface area contributed by atoms with Gasteiger partial charge in [0.25, 0.3) is 0 Å². The molecule has 0 aromatic carbocycles. The lowest BCUT2D eigenvalue weighted by Gasteiger charge is -2.34. The van der Waals surface area contributed by atoms with Gasteiger partial charge in [0.15, 0.2) is 5.78 Å². The van der Waals surface area contributed by atoms with Gasteiger partial charge in [-0.15, -0.1) is 6.58 Å². The van der Waals surface area contributed by atoms with Crippen LogP contribution >= 0.6 is 0 Å². The highest BCUT2D eigenvalue weighted by Crippen LogP contribution is 2.47. The molecule has 114 valence electrons. The Balaban J connectivity index is 2.57. The Kier molecular flexibility index (Phi) is 4.27. The van der Waals surface area contributed by atoms with Gasteiger partial charge < -0.3 is 14.2 Å². The van der Waals surface area contributed by atoms with Crippen LogP contribution in [0.2, 0.25) is 0 Å². The molecule has 2 aliphatic rings. The zero-order chi connectivity index (χ0) is 15.6. The highest BCUT2D eigenvalue weighted by Gasteiger charge is 2.57. The van der Waals surface area contributed by atoms with Crippen LogP contribution in [0.5, 0.6) is 0 Å². The van der Waals surface area contributed by atoms with Crippen LogP contribution < -0.4 is 0 Å². The van der Waals surface area contributed by atoms with Crippen LogP contribution in [0.15, 0.2) is 23.8 Å². The van der Waals surface area contributed by atoms with E-state index >= 15 is 0 Å². The molecule has 2 aliphatic heterocycles. The van der Waals surface area contributed by atoms with Crippen molar-refractivity contribution in [2.24, 2.45) is 0 Å². The number of hydrogen-bond acceptors (Lipinski definition) is 6. The molecular weight excluding hydrogens is 276 g/mol. The van der Waals surface area contributed by atoms with Crippen molar-refractivity contribution >= 4 is 17.7 Å². The van der Waals surface area contributed by atoms with Gasteiger partial charge in [0.05, 0.1) is 25.4 Å². The Morgan fingerprint density at radius 3 is 2.62 bits per heavy atom. The molecule has 0 radical (unpaired) electrons. The second kappa shape index (κ2) is 5.81. The highest BCUT2D eigenvalue weighted by atomic mass is 16.6. The lowest BCUT2D eigenvalue weighted by Crippen LogP contribution is -2.42. The van der Waals surface area contributed by atoms with Crippen molar-refractivity contribution in [2.45, 2.75) is 37.4 Å². The van der Waals surface area contributed by atoms with E-state index in [1.54, 1.807) is 6.08 Å². The highest BCUT2D eigenvalue weighted by molar-refractivity contribution is 6.09. The average molecular weight is 294 g/mol. The predicted octanol–water partition coefficient (Wildman–Crippen LogP) is 1.10. The average Bonchev–Trinajstić information content (AvgIpc) is 2.79. The van der Waals surface area contributed by atoms with E-state index in [9.17, 15) is 14.4 Å². The van der Waals surface area contributed by atoms with E-state index in [1.165, 1.54) is 14.2 Å². The Labute approximate surface area is 122 Å². The van der Waals surface area contributed by atoms with Gasteiger partial charge in [-0.1, -0.05) is 6.08 Å². The fourth-order valence-corrected chi connectivity index (χ4v) is 2.95. The molecule has 1 saturated heterocycles. The van der Waals surface area contributed by atoms with E-state index in [4.69, 9.17) is 14.2 Å². The second-order valence-electron chi connectivity index (χ2n) is 5.06. The monoisotopic (exact) mass is 294 g/mol. The summed E-state index contributed by atoms with van der Waals surface area (Å²) in [5.74, 6) is -1.60. The summed E-state index contributed by atoms with van der Waals surface area (Å²) >= 11 is 0. The van der Waals surface area contributed by atoms with Gasteiger partial charge in [0, 0.05) is 6.42 Å². The van der Waals surface area contributed by atoms with Crippen molar-refractivity contribution < 1.29 is 28.6 Å². The fraction of sp³-hybridized carbons (Fsp3) is 0.533. The molecule has 0 aliphatic carbocycles. The van der Waals surface area contributed by atoms with E-state index in [0.717, 1.165) is 0 Å². The lowest BCUT2D eigenvalue weighted by molar-refractivity contribution is -0.151. The van der Waals surface area contributed by atoms with Crippen LogP contribution in [0.25, 0.3) is 0 Å². The number of methoxy groups -OCH3 is 2. The third-order valence-corrected chi connectivity index (χ3v) is 3.95. The van der Waals surface area contributed by atoms with Gasteiger partial charge in [0.2, 0.25) is 0 Å². The minimum absolute atomic E-state index is 0.0177. The molecule has 2 bridgehead atoms. The third kappa shape index (κ3) is 2.40. The van der Waals surface area contributed by atoms with Gasteiger partial charge in [-0.05, 0) is 19.3 Å². The van der Waals surface area contributed by atoms with Gasteiger partial charge in [-0.25, -0.2) is 9.59 Å². The molecule has 21 heavy (non-hydrogen) atoms. The Bertz CT molecular complexity index is 528. The summed E-state index contributed by atoms with van der Waals surface area (Å²) in [6, 6.07) is 0. The molecule has 0 saturated carbocycles. The molecular formula is C15H18O6. The standard InChI is InChI=1S/C15H18O6/c1-4-5-7-15-8-6-9(16)12(21-15)10(13(17)19-2)11(15)14(18)20-3/h4,12H,1,5-8H2,2-3H3. The van der Waals surface area contributed by atoms with Crippen LogP contribution in [0.3, 0.4) is 0 Å². The van der Waals surface area contributed by atoms with Crippen molar-refractivity contribution in [3.05, 3.63) is 23.8 Å². The second-order valence-corrected chi connectivity index (χ2v) is 5.06. The van der Waals surface area contributed by atoms with E-state index in [0.29, 0.717) is 19.3 Å². The fourth-order valence-electron chi connectivity index (χ4n) is 2.95. The van der Waals surface area contributed by atoms with E-state index in [1.807, 2.05) is 0 Å². The Morgan fingerprint density at radius 2 is 2.05 bits per heavy atom. The Hall–Kier alpha value is -1.95. The van der Waals surface area contributed by atoms with Crippen molar-refractivity contribution in [2.75, 3.05) is 14.2 Å². The SMILES string of the molecule is C=CCCC12CCC(=O)C(O1)C(C(=O)OC)=C2C(=O)OC. The first-order valence-electron chi connectivity index (χ1n) is 6.73. The first-order valence-corrected chi connectivity index (χ1v) is 6.73. The number of esters is 2. The number of Topliss-reactive ketones (excluding diaryl/α,β-unsaturated/α-hetero) is 1. The smallest absolute Gasteiger partial charge is 0.337 e. The maximum atomic E-state index is 12.2. The molecule has 2 rings (SSSR count). The lowest BCUT2D eigenvalue weighted by atomic mass is 9.84. The number of carbonyl (C=O) groups is 3. The van der Waals surface area contributed by atoms with Crippen LogP contribution in [0.4, 0.5) is 0 Å². The molecule has 0 aromatic rings. The molecule has 6 nitrogen and oxygen atoms in total. The molecule has 2 heterocycles. The predicted molar refractivity (Wildman–Crippen MR) is 72.3 cm³/mol. The maximum Gasteiger partial charge on any atom is 0.337 e. The minimum atomic E-state index is -1.04. The molecule has 0 N–H and O–H groups in total. The van der Waals surface area contributed by atoms with E-state index in [-0.39, 0.29) is 23.4 Å². The quantitative estimate of drug-likeness (QED) is 0.558. The summed E-state index contributed by atoms with van der Waals surface area (Å²) in [5, 5.41) is 0. The largest absolute Gasteiger partial charge is 0.466 e. The zero-order valence-electron chi connectivity index (χ0n) is 12.1. The first kappa shape index (κ1) is 15.4. The Morgan fingerprint density at radius 1 is 1.38 bits per heavy atom. The third-order valence-electron chi connectivity index (χ3n) is 3.95. The van der Waals surface area contributed by atoms with Gasteiger partial charge in [0.1, 0.15) is 11.7 Å². The van der Waals surface area contributed by atoms with E-state index in [2.05, 4.69) is 6.58 Å². The number of allylic oxidation sites excluding steroid dienone is 1. The zero-order valence-corrected chi connectivity index (χ0v) is 12.1. The number of ether oxygens (including phenoxy) is 3. The molecule has 2 atom stereocenters. The van der Waals surface area contributed by atoms with Crippen LogP contribution in [-0.4, -0.2) is 43.6 Å². The number of hydrogen-bond donors (Lipinski definition) is 0. The molecule has 6 heteroatoms.